The number of halogens is 1. The van der Waals surface area contributed by atoms with Crippen molar-refractivity contribution in [3.05, 3.63) is 95.9 Å². The van der Waals surface area contributed by atoms with Gasteiger partial charge in [-0.1, -0.05) is 23.7 Å². The second-order valence-electron chi connectivity index (χ2n) is 6.66. The van der Waals surface area contributed by atoms with Gasteiger partial charge in [-0.3, -0.25) is 4.57 Å². The van der Waals surface area contributed by atoms with Crippen molar-refractivity contribution in [2.75, 3.05) is 0 Å². The maximum atomic E-state index is 11.1. The molecule has 0 amide bonds. The maximum absolute atomic E-state index is 11.1. The van der Waals surface area contributed by atoms with Crippen molar-refractivity contribution < 1.29 is 5.11 Å². The van der Waals surface area contributed by atoms with Gasteiger partial charge in [0.1, 0.15) is 24.1 Å². The molecule has 0 radical (unpaired) electrons. The number of hydrogen-bond donors (Lipinski definition) is 2. The van der Waals surface area contributed by atoms with Gasteiger partial charge in [0.25, 0.3) is 0 Å². The second-order valence-corrected chi connectivity index (χ2v) is 8.15. The van der Waals surface area contributed by atoms with Gasteiger partial charge in [-0.25, -0.2) is 15.0 Å². The Hall–Kier alpha value is -3.26. The summed E-state index contributed by atoms with van der Waals surface area (Å²) < 4.78 is 1.86. The Kier molecular flexibility index (Phi) is 4.92. The first-order valence-electron chi connectivity index (χ1n) is 9.21. The average Bonchev–Trinajstić information content (AvgIpc) is 3.55. The molecular formula is C22H16ClN5OS. The minimum Gasteiger partial charge on any atom is -0.384 e. The van der Waals surface area contributed by atoms with Crippen molar-refractivity contribution in [3.8, 4) is 27.0 Å². The third kappa shape index (κ3) is 3.54. The molecule has 5 aromatic rings. The highest BCUT2D eigenvalue weighted by Gasteiger charge is 2.21. The van der Waals surface area contributed by atoms with Gasteiger partial charge in [0, 0.05) is 46.4 Å². The van der Waals surface area contributed by atoms with Crippen molar-refractivity contribution in [2.45, 2.75) is 6.10 Å². The number of thiophene rings is 1. The van der Waals surface area contributed by atoms with Gasteiger partial charge in [0.05, 0.1) is 4.88 Å². The first kappa shape index (κ1) is 18.7. The molecule has 1 atom stereocenters. The van der Waals surface area contributed by atoms with Crippen LogP contribution in [0.25, 0.3) is 27.0 Å². The Morgan fingerprint density at radius 2 is 1.90 bits per heavy atom. The summed E-state index contributed by atoms with van der Waals surface area (Å²) in [4.78, 5) is 18.0. The molecule has 0 aliphatic rings. The first-order chi connectivity index (χ1) is 14.7. The average molecular weight is 434 g/mol. The predicted octanol–water partition coefficient (Wildman–Crippen LogP) is 5.12. The Labute approximate surface area is 181 Å². The number of aromatic amines is 1. The Morgan fingerprint density at radius 1 is 1.03 bits per heavy atom. The Morgan fingerprint density at radius 3 is 2.63 bits per heavy atom. The first-order valence-corrected chi connectivity index (χ1v) is 10.4. The quantitative estimate of drug-likeness (QED) is 0.403. The largest absolute Gasteiger partial charge is 0.384 e. The predicted molar refractivity (Wildman–Crippen MR) is 118 cm³/mol. The number of H-pyrrole nitrogens is 1. The van der Waals surface area contributed by atoms with Crippen LogP contribution in [0.3, 0.4) is 0 Å². The van der Waals surface area contributed by atoms with Crippen molar-refractivity contribution in [3.63, 3.8) is 0 Å². The maximum Gasteiger partial charge on any atom is 0.147 e. The second kappa shape index (κ2) is 7.87. The summed E-state index contributed by atoms with van der Waals surface area (Å²) in [7, 11) is 0. The van der Waals surface area contributed by atoms with E-state index in [0.717, 1.165) is 38.1 Å². The molecule has 0 fully saturated rings. The molecule has 2 N–H and O–H groups in total. The van der Waals surface area contributed by atoms with Gasteiger partial charge in [0.2, 0.25) is 0 Å². The van der Waals surface area contributed by atoms with E-state index in [-0.39, 0.29) is 0 Å². The van der Waals surface area contributed by atoms with E-state index in [2.05, 4.69) is 19.9 Å². The smallest absolute Gasteiger partial charge is 0.147 e. The summed E-state index contributed by atoms with van der Waals surface area (Å²) in [6.45, 7) is 0. The lowest BCUT2D eigenvalue weighted by Gasteiger charge is -2.11. The molecule has 8 heteroatoms. The molecule has 0 spiro atoms. The van der Waals surface area contributed by atoms with Gasteiger partial charge in [-0.05, 0) is 41.5 Å². The zero-order valence-electron chi connectivity index (χ0n) is 15.6. The van der Waals surface area contributed by atoms with E-state index in [4.69, 9.17) is 11.6 Å². The van der Waals surface area contributed by atoms with Crippen LogP contribution in [0.1, 0.15) is 17.2 Å². The van der Waals surface area contributed by atoms with Crippen LogP contribution in [-0.4, -0.2) is 29.6 Å². The minimum atomic E-state index is -0.803. The van der Waals surface area contributed by atoms with Gasteiger partial charge >= 0.3 is 0 Å². The van der Waals surface area contributed by atoms with E-state index in [1.54, 1.807) is 54.6 Å². The molecule has 0 bridgehead atoms. The number of pyridine rings is 1. The summed E-state index contributed by atoms with van der Waals surface area (Å²) in [6, 6.07) is 13.2. The molecule has 0 saturated heterocycles. The molecule has 30 heavy (non-hydrogen) atoms. The van der Waals surface area contributed by atoms with Crippen LogP contribution in [0.15, 0.2) is 79.8 Å². The summed E-state index contributed by atoms with van der Waals surface area (Å²) in [6.07, 6.45) is 9.73. The number of benzene rings is 1. The fourth-order valence-corrected chi connectivity index (χ4v) is 4.53. The minimum absolute atomic E-state index is 0.632. The molecular weight excluding hydrogens is 418 g/mol. The highest BCUT2D eigenvalue weighted by atomic mass is 35.5. The molecule has 1 unspecified atom stereocenters. The monoisotopic (exact) mass is 433 g/mol. The molecule has 0 aliphatic carbocycles. The van der Waals surface area contributed by atoms with Crippen LogP contribution in [0.4, 0.5) is 0 Å². The summed E-state index contributed by atoms with van der Waals surface area (Å²) in [5, 5.41) is 11.8. The lowest BCUT2D eigenvalue weighted by Crippen LogP contribution is -2.00. The van der Waals surface area contributed by atoms with E-state index in [1.165, 1.54) is 0 Å². The number of aromatic nitrogens is 5. The lowest BCUT2D eigenvalue weighted by molar-refractivity contribution is 0.221. The Bertz CT molecular complexity index is 1260. The zero-order chi connectivity index (χ0) is 20.5. The van der Waals surface area contributed by atoms with Crippen LogP contribution in [0.5, 0.6) is 0 Å². The van der Waals surface area contributed by atoms with Crippen molar-refractivity contribution in [1.82, 2.24) is 24.5 Å². The third-order valence-electron chi connectivity index (χ3n) is 4.75. The number of nitrogens with one attached hydrogen (secondary N) is 1. The molecule has 4 heterocycles. The van der Waals surface area contributed by atoms with Crippen LogP contribution in [0, 0.1) is 0 Å². The zero-order valence-corrected chi connectivity index (χ0v) is 17.2. The van der Waals surface area contributed by atoms with Crippen molar-refractivity contribution in [1.29, 1.82) is 0 Å². The molecule has 6 nitrogen and oxygen atoms in total. The molecule has 5 rings (SSSR count). The van der Waals surface area contributed by atoms with E-state index in [9.17, 15) is 5.11 Å². The molecule has 0 aliphatic heterocycles. The van der Waals surface area contributed by atoms with Gasteiger partial charge in [0.15, 0.2) is 0 Å². The molecule has 4 aromatic heterocycles. The number of nitrogens with zero attached hydrogens (tertiary/aromatic N) is 4. The van der Waals surface area contributed by atoms with E-state index in [1.807, 2.05) is 41.1 Å². The Balaban J connectivity index is 1.60. The molecule has 0 saturated carbocycles. The van der Waals surface area contributed by atoms with E-state index >= 15 is 0 Å². The molecule has 148 valence electrons. The van der Waals surface area contributed by atoms with Crippen LogP contribution < -0.4 is 0 Å². The molecule has 1 aromatic carbocycles. The summed E-state index contributed by atoms with van der Waals surface area (Å²) in [5.74, 6) is 1.50. The SMILES string of the molecule is OC(c1ccc(Cl)cc1)c1cc(-c2ccnc(-n3ccnc3)c2)sc1-c1ncc[nH]1. The standard InChI is InChI=1S/C22H16ClN5OS/c23-16-3-1-14(2-4-16)20(29)17-12-18(30-21(17)22-26-7-8-27-22)15-5-6-25-19(11-15)28-10-9-24-13-28/h1-13,20,29H,(H,26,27). The summed E-state index contributed by atoms with van der Waals surface area (Å²) >= 11 is 7.58. The number of imidazole rings is 2. The lowest BCUT2D eigenvalue weighted by atomic mass is 10.0. The third-order valence-corrected chi connectivity index (χ3v) is 6.21. The van der Waals surface area contributed by atoms with Gasteiger partial charge in [-0.15, -0.1) is 11.3 Å². The number of rotatable bonds is 5. The van der Waals surface area contributed by atoms with Crippen molar-refractivity contribution in [2.24, 2.45) is 0 Å². The number of aliphatic hydroxyl groups excluding tert-OH is 1. The fraction of sp³-hybridized carbons (Fsp3) is 0.0455. The highest BCUT2D eigenvalue weighted by Crippen LogP contribution is 2.41. The topological polar surface area (TPSA) is 79.6 Å². The number of aliphatic hydroxyl groups is 1. The summed E-state index contributed by atoms with van der Waals surface area (Å²) in [5.41, 5.74) is 2.56. The number of hydrogen-bond acceptors (Lipinski definition) is 5. The van der Waals surface area contributed by atoms with E-state index in [0.29, 0.717) is 5.02 Å². The van der Waals surface area contributed by atoms with Crippen molar-refractivity contribution >= 4 is 22.9 Å². The van der Waals surface area contributed by atoms with Crippen LogP contribution in [0.2, 0.25) is 5.02 Å². The fourth-order valence-electron chi connectivity index (χ4n) is 3.26. The highest BCUT2D eigenvalue weighted by molar-refractivity contribution is 7.19. The van der Waals surface area contributed by atoms with Crippen LogP contribution >= 0.6 is 22.9 Å². The van der Waals surface area contributed by atoms with E-state index < -0.39 is 6.10 Å². The van der Waals surface area contributed by atoms with Gasteiger partial charge < -0.3 is 10.1 Å². The van der Waals surface area contributed by atoms with Gasteiger partial charge in [-0.2, -0.15) is 0 Å². The normalized spacial score (nSPS) is 12.2. The van der Waals surface area contributed by atoms with Crippen LogP contribution in [-0.2, 0) is 0 Å².